The first-order chi connectivity index (χ1) is 24.1. The highest BCUT2D eigenvalue weighted by Gasteiger charge is 2.29. The van der Waals surface area contributed by atoms with Crippen molar-refractivity contribution in [3.63, 3.8) is 0 Å². The summed E-state index contributed by atoms with van der Waals surface area (Å²) in [5.41, 5.74) is 1.26. The van der Waals surface area contributed by atoms with Crippen LogP contribution in [-0.4, -0.2) is 95.3 Å². The summed E-state index contributed by atoms with van der Waals surface area (Å²) in [6.07, 6.45) is 3.45. The van der Waals surface area contributed by atoms with E-state index in [9.17, 15) is 19.2 Å². The summed E-state index contributed by atoms with van der Waals surface area (Å²) in [6.45, 7) is 6.42. The fraction of sp³-hybridized carbons (Fsp3) is 0.514. The number of carbonyl (C=O) groups is 4. The molecular weight excluding hydrogens is 644 g/mol. The minimum absolute atomic E-state index is 0.115. The smallest absolute Gasteiger partial charge is 0.254 e. The van der Waals surface area contributed by atoms with Gasteiger partial charge in [0.15, 0.2) is 17.3 Å². The van der Waals surface area contributed by atoms with Crippen LogP contribution in [0.3, 0.4) is 0 Å². The van der Waals surface area contributed by atoms with Crippen LogP contribution in [0.1, 0.15) is 80.1 Å². The first-order valence-electron chi connectivity index (χ1n) is 16.9. The molecule has 50 heavy (non-hydrogen) atoms. The zero-order valence-electron chi connectivity index (χ0n) is 29.7. The number of nitrogens with one attached hydrogen (secondary N) is 3. The number of nitrogens with zero attached hydrogens (tertiary/aromatic N) is 5. The molecule has 0 bridgehead atoms. The summed E-state index contributed by atoms with van der Waals surface area (Å²) in [5.74, 6) is 0.938. The monoisotopic (exact) mass is 692 g/mol. The van der Waals surface area contributed by atoms with E-state index >= 15 is 0 Å². The molecule has 4 amide bonds. The van der Waals surface area contributed by atoms with Crippen molar-refractivity contribution >= 4 is 23.6 Å². The summed E-state index contributed by atoms with van der Waals surface area (Å²) >= 11 is 0. The van der Waals surface area contributed by atoms with Crippen LogP contribution in [0.4, 0.5) is 0 Å². The van der Waals surface area contributed by atoms with E-state index in [-0.39, 0.29) is 42.5 Å². The van der Waals surface area contributed by atoms with Gasteiger partial charge in [-0.3, -0.25) is 19.2 Å². The van der Waals surface area contributed by atoms with Gasteiger partial charge in [0.2, 0.25) is 23.6 Å². The molecule has 3 aromatic rings. The lowest BCUT2D eigenvalue weighted by atomic mass is 9.97. The molecule has 270 valence electrons. The van der Waals surface area contributed by atoms with Crippen LogP contribution in [0, 0.1) is 5.92 Å². The minimum Gasteiger partial charge on any atom is -0.493 e. The molecule has 3 N–H and O–H groups in total. The number of methoxy groups -OCH3 is 3. The van der Waals surface area contributed by atoms with Gasteiger partial charge < -0.3 is 35.1 Å². The SMILES string of the molecule is CC[C@H](C)[C@@H]1NC(=O)CCCN(C(=O)c2ccnc(OC)c2)CCCNC(=O)Cn2nc(Cc3ccc(OC)c(OC)c3)nc2[C@@H](C)NC1=O. The molecule has 4 rings (SSSR count). The Kier molecular flexibility index (Phi) is 13.5. The molecule has 0 radical (unpaired) electrons. The number of hydrogen-bond donors (Lipinski definition) is 3. The number of rotatable bonds is 8. The zero-order chi connectivity index (χ0) is 36.2. The van der Waals surface area contributed by atoms with Gasteiger partial charge in [-0.25, -0.2) is 14.6 Å². The number of pyridine rings is 1. The maximum atomic E-state index is 13.7. The summed E-state index contributed by atoms with van der Waals surface area (Å²) in [5, 5.41) is 13.5. The fourth-order valence-electron chi connectivity index (χ4n) is 5.67. The van der Waals surface area contributed by atoms with Gasteiger partial charge in [-0.1, -0.05) is 26.3 Å². The van der Waals surface area contributed by atoms with Crippen molar-refractivity contribution in [1.82, 2.24) is 40.6 Å². The fourth-order valence-corrected chi connectivity index (χ4v) is 5.67. The van der Waals surface area contributed by atoms with E-state index in [1.165, 1.54) is 18.0 Å². The van der Waals surface area contributed by atoms with Crippen LogP contribution in [0.15, 0.2) is 36.5 Å². The Labute approximate surface area is 292 Å². The Bertz CT molecular complexity index is 1640. The van der Waals surface area contributed by atoms with E-state index in [4.69, 9.17) is 19.2 Å². The van der Waals surface area contributed by atoms with Gasteiger partial charge in [0.05, 0.1) is 27.4 Å². The number of carbonyl (C=O) groups excluding carboxylic acids is 4. The van der Waals surface area contributed by atoms with Crippen molar-refractivity contribution < 1.29 is 33.4 Å². The number of fused-ring (bicyclic) bond motifs is 1. The highest BCUT2D eigenvalue weighted by Crippen LogP contribution is 2.28. The standard InChI is InChI=1S/C35H48N8O7/c1-7-22(2)32-34(46)38-23(3)33-39-28(19-24-11-12-26(48-4)27(18-24)49-5)41-43(33)21-30(45)36-14-9-17-42(16-8-10-29(44)40-32)35(47)25-13-15-37-31(20-25)50-6/h11-13,15,18,20,22-23,32H,7-10,14,16-17,19,21H2,1-6H3,(H,36,45)(H,38,46)(H,40,44)/t22-,23+,32-/m0/s1. The van der Waals surface area contributed by atoms with Gasteiger partial charge in [0.25, 0.3) is 5.91 Å². The molecule has 0 saturated heterocycles. The number of ether oxygens (including phenoxy) is 3. The van der Waals surface area contributed by atoms with Gasteiger partial charge in [-0.05, 0) is 49.4 Å². The van der Waals surface area contributed by atoms with Crippen LogP contribution < -0.4 is 30.2 Å². The van der Waals surface area contributed by atoms with Crippen molar-refractivity contribution in [2.45, 2.75) is 71.5 Å². The number of benzene rings is 1. The Hall–Kier alpha value is -5.21. The highest BCUT2D eigenvalue weighted by atomic mass is 16.5. The van der Waals surface area contributed by atoms with Crippen LogP contribution in [0.25, 0.3) is 0 Å². The normalized spacial score (nSPS) is 18.8. The molecule has 2 aromatic heterocycles. The predicted octanol–water partition coefficient (Wildman–Crippen LogP) is 2.44. The van der Waals surface area contributed by atoms with Gasteiger partial charge in [-0.15, -0.1) is 0 Å². The number of aromatic nitrogens is 4. The number of amides is 4. The Morgan fingerprint density at radius 1 is 0.980 bits per heavy atom. The highest BCUT2D eigenvalue weighted by molar-refractivity contribution is 5.94. The molecule has 3 heterocycles. The largest absolute Gasteiger partial charge is 0.493 e. The quantitative estimate of drug-likeness (QED) is 0.318. The van der Waals surface area contributed by atoms with E-state index in [2.05, 4.69) is 26.0 Å². The van der Waals surface area contributed by atoms with Gasteiger partial charge in [-0.2, -0.15) is 5.10 Å². The van der Waals surface area contributed by atoms with Gasteiger partial charge in [0, 0.05) is 50.3 Å². The third-order valence-electron chi connectivity index (χ3n) is 8.64. The molecule has 0 aliphatic carbocycles. The molecule has 3 atom stereocenters. The zero-order valence-corrected chi connectivity index (χ0v) is 29.7. The van der Waals surface area contributed by atoms with Crippen molar-refractivity contribution in [3.05, 3.63) is 59.3 Å². The average Bonchev–Trinajstić information content (AvgIpc) is 3.51. The molecular formula is C35H48N8O7. The second-order valence-corrected chi connectivity index (χ2v) is 12.3. The van der Waals surface area contributed by atoms with E-state index in [1.54, 1.807) is 44.2 Å². The Morgan fingerprint density at radius 3 is 2.46 bits per heavy atom. The third-order valence-corrected chi connectivity index (χ3v) is 8.64. The van der Waals surface area contributed by atoms with Crippen molar-refractivity contribution in [3.8, 4) is 17.4 Å². The molecule has 0 unspecified atom stereocenters. The topological polar surface area (TPSA) is 179 Å². The lowest BCUT2D eigenvalue weighted by Gasteiger charge is -2.26. The summed E-state index contributed by atoms with van der Waals surface area (Å²) in [4.78, 5) is 64.0. The third kappa shape index (κ3) is 9.92. The molecule has 0 saturated carbocycles. The van der Waals surface area contributed by atoms with Gasteiger partial charge >= 0.3 is 0 Å². The molecule has 1 aliphatic heterocycles. The van der Waals surface area contributed by atoms with E-state index in [0.29, 0.717) is 79.9 Å². The predicted molar refractivity (Wildman–Crippen MR) is 184 cm³/mol. The average molecular weight is 693 g/mol. The maximum Gasteiger partial charge on any atom is 0.254 e. The minimum atomic E-state index is -0.804. The Balaban J connectivity index is 1.60. The van der Waals surface area contributed by atoms with Crippen molar-refractivity contribution in [1.29, 1.82) is 0 Å². The van der Waals surface area contributed by atoms with Gasteiger partial charge in [0.1, 0.15) is 18.4 Å². The Morgan fingerprint density at radius 2 is 1.74 bits per heavy atom. The summed E-state index contributed by atoms with van der Waals surface area (Å²) in [6, 6.07) is 7.25. The van der Waals surface area contributed by atoms with Crippen LogP contribution >= 0.6 is 0 Å². The number of hydrogen-bond acceptors (Lipinski definition) is 10. The lowest BCUT2D eigenvalue weighted by Crippen LogP contribution is -2.51. The van der Waals surface area contributed by atoms with E-state index in [1.807, 2.05) is 26.0 Å². The van der Waals surface area contributed by atoms with E-state index < -0.39 is 12.1 Å². The molecule has 1 aromatic carbocycles. The summed E-state index contributed by atoms with van der Waals surface area (Å²) < 4.78 is 17.5. The van der Waals surface area contributed by atoms with Crippen molar-refractivity contribution in [2.24, 2.45) is 5.92 Å². The van der Waals surface area contributed by atoms with Crippen molar-refractivity contribution in [2.75, 3.05) is 41.0 Å². The second kappa shape index (κ2) is 18.0. The molecule has 0 fully saturated rings. The summed E-state index contributed by atoms with van der Waals surface area (Å²) in [7, 11) is 4.60. The van der Waals surface area contributed by atoms with Crippen LogP contribution in [0.2, 0.25) is 0 Å². The molecule has 15 heteroatoms. The molecule has 1 aliphatic rings. The van der Waals surface area contributed by atoms with Crippen LogP contribution in [0.5, 0.6) is 17.4 Å². The molecule has 15 nitrogen and oxygen atoms in total. The van der Waals surface area contributed by atoms with E-state index in [0.717, 1.165) is 5.56 Å². The molecule has 0 spiro atoms. The first-order valence-corrected chi connectivity index (χ1v) is 16.9. The van der Waals surface area contributed by atoms with Crippen LogP contribution in [-0.2, 0) is 27.3 Å². The first kappa shape index (κ1) is 37.6. The lowest BCUT2D eigenvalue weighted by molar-refractivity contribution is -0.130. The second-order valence-electron chi connectivity index (χ2n) is 12.3. The maximum absolute atomic E-state index is 13.7.